The van der Waals surface area contributed by atoms with Gasteiger partial charge in [-0.15, -0.1) is 0 Å². The lowest BCUT2D eigenvalue weighted by molar-refractivity contribution is -0.149. The van der Waals surface area contributed by atoms with Crippen molar-refractivity contribution in [1.82, 2.24) is 14.6 Å². The highest BCUT2D eigenvalue weighted by molar-refractivity contribution is 8.13. The van der Waals surface area contributed by atoms with E-state index in [-0.39, 0.29) is 30.5 Å². The molecule has 0 amide bonds. The number of alkyl halides is 1. The van der Waals surface area contributed by atoms with E-state index in [0.29, 0.717) is 0 Å². The van der Waals surface area contributed by atoms with Crippen LogP contribution in [0.15, 0.2) is 21.9 Å². The largest absolute Gasteiger partial charge is 0.462 e. The third-order valence-electron chi connectivity index (χ3n) is 5.38. The van der Waals surface area contributed by atoms with Gasteiger partial charge in [0.2, 0.25) is 0 Å². The van der Waals surface area contributed by atoms with Crippen LogP contribution in [0.4, 0.5) is 4.39 Å². The lowest BCUT2D eigenvalue weighted by Crippen LogP contribution is -2.36. The van der Waals surface area contributed by atoms with Gasteiger partial charge in [0.05, 0.1) is 32.1 Å². The molecule has 0 spiro atoms. The zero-order chi connectivity index (χ0) is 28.7. The summed E-state index contributed by atoms with van der Waals surface area (Å²) in [7, 11) is -4.16. The summed E-state index contributed by atoms with van der Waals surface area (Å²) < 4.78 is 50.4. The summed E-state index contributed by atoms with van der Waals surface area (Å²) in [4.78, 5) is 50.0. The second-order valence-corrected chi connectivity index (χ2v) is 13.0. The molecule has 38 heavy (non-hydrogen) atoms. The Morgan fingerprint density at radius 2 is 1.97 bits per heavy atom. The molecule has 0 bridgehead atoms. The molecule has 1 saturated heterocycles. The van der Waals surface area contributed by atoms with Crippen LogP contribution in [0.3, 0.4) is 0 Å². The molecule has 0 radical (unpaired) electrons. The standard InChI is InChI=1S/C23H37FN3O9PS/c1-14(2)35-20(29)15(3)26-37(32,33-9-10-38-21(30)23(4,5)6)34-13-17-16(12-24)11-19(36-17)27-8-7-18(28)25-22(27)31/h7-8,14-17,19H,9-13H2,1-6H3,(H,26,32)(H,25,28,31)/t15-,16+,17+,19+,37-/m0/s1. The summed E-state index contributed by atoms with van der Waals surface area (Å²) in [6, 6.07) is 0.0754. The third kappa shape index (κ3) is 9.73. The Labute approximate surface area is 224 Å². The van der Waals surface area contributed by atoms with Crippen LogP contribution >= 0.6 is 19.5 Å². The number of carbonyl (C=O) groups is 2. The van der Waals surface area contributed by atoms with Crippen LogP contribution in [0.2, 0.25) is 0 Å². The van der Waals surface area contributed by atoms with E-state index in [0.717, 1.165) is 22.4 Å². The van der Waals surface area contributed by atoms with Crippen LogP contribution in [-0.2, 0) is 32.7 Å². The number of carbonyl (C=O) groups excluding carboxylic acids is 2. The van der Waals surface area contributed by atoms with Crippen LogP contribution in [0, 0.1) is 11.3 Å². The van der Waals surface area contributed by atoms with E-state index in [1.54, 1.807) is 34.6 Å². The number of aromatic nitrogens is 2. The van der Waals surface area contributed by atoms with Gasteiger partial charge in [-0.2, -0.15) is 0 Å². The average molecular weight is 582 g/mol. The summed E-state index contributed by atoms with van der Waals surface area (Å²) in [6.45, 7) is 8.76. The van der Waals surface area contributed by atoms with Gasteiger partial charge in [0.15, 0.2) is 5.12 Å². The number of esters is 1. The maximum Gasteiger partial charge on any atom is 0.406 e. The molecule has 2 heterocycles. The smallest absolute Gasteiger partial charge is 0.406 e. The fourth-order valence-electron chi connectivity index (χ4n) is 3.37. The number of ether oxygens (including phenoxy) is 2. The molecule has 1 fully saturated rings. The molecule has 1 aliphatic rings. The van der Waals surface area contributed by atoms with Crippen molar-refractivity contribution in [2.24, 2.45) is 11.3 Å². The Morgan fingerprint density at radius 1 is 1.29 bits per heavy atom. The summed E-state index contributed by atoms with van der Waals surface area (Å²) in [5, 5.41) is 2.45. The van der Waals surface area contributed by atoms with E-state index in [1.165, 1.54) is 13.1 Å². The predicted octanol–water partition coefficient (Wildman–Crippen LogP) is 2.79. The van der Waals surface area contributed by atoms with Crippen LogP contribution in [0.1, 0.15) is 54.2 Å². The molecule has 0 aromatic carbocycles. The molecule has 12 nitrogen and oxygen atoms in total. The van der Waals surface area contributed by atoms with Crippen molar-refractivity contribution < 1.29 is 37.1 Å². The van der Waals surface area contributed by atoms with Gasteiger partial charge in [-0.1, -0.05) is 32.5 Å². The molecule has 216 valence electrons. The Bertz CT molecular complexity index is 1120. The molecule has 2 rings (SSSR count). The van der Waals surface area contributed by atoms with Crippen molar-refractivity contribution in [3.05, 3.63) is 33.1 Å². The first-order valence-electron chi connectivity index (χ1n) is 12.2. The molecule has 15 heteroatoms. The number of halogens is 1. The normalized spacial score (nSPS) is 22.3. The van der Waals surface area contributed by atoms with Gasteiger partial charge >= 0.3 is 19.4 Å². The van der Waals surface area contributed by atoms with Gasteiger partial charge in [-0.25, -0.2) is 14.4 Å². The first-order chi connectivity index (χ1) is 17.6. The van der Waals surface area contributed by atoms with Gasteiger partial charge in [-0.05, 0) is 20.8 Å². The monoisotopic (exact) mass is 581 g/mol. The quantitative estimate of drug-likeness (QED) is 0.201. The van der Waals surface area contributed by atoms with Crippen LogP contribution in [0.25, 0.3) is 0 Å². The molecular formula is C23H37FN3O9PS. The Morgan fingerprint density at radius 3 is 2.55 bits per heavy atom. The molecular weight excluding hydrogens is 544 g/mol. The van der Waals surface area contributed by atoms with Crippen molar-refractivity contribution in [3.8, 4) is 0 Å². The predicted molar refractivity (Wildman–Crippen MR) is 140 cm³/mol. The summed E-state index contributed by atoms with van der Waals surface area (Å²) in [5.41, 5.74) is -1.86. The number of hydrogen-bond acceptors (Lipinski definition) is 10. The minimum atomic E-state index is -4.16. The van der Waals surface area contributed by atoms with E-state index in [4.69, 9.17) is 18.5 Å². The molecule has 1 aromatic heterocycles. The highest BCUT2D eigenvalue weighted by Crippen LogP contribution is 2.46. The van der Waals surface area contributed by atoms with Crippen molar-refractivity contribution in [2.45, 2.75) is 72.4 Å². The summed E-state index contributed by atoms with van der Waals surface area (Å²) in [6.07, 6.45) is -0.826. The summed E-state index contributed by atoms with van der Waals surface area (Å²) in [5.74, 6) is -1.20. The molecule has 0 saturated carbocycles. The second kappa shape index (κ2) is 14.0. The number of nitrogens with zero attached hydrogens (tertiary/aromatic N) is 1. The number of thioether (sulfide) groups is 1. The van der Waals surface area contributed by atoms with Crippen molar-refractivity contribution in [2.75, 3.05) is 25.6 Å². The minimum Gasteiger partial charge on any atom is -0.462 e. The number of nitrogens with one attached hydrogen (secondary N) is 2. The zero-order valence-electron chi connectivity index (χ0n) is 22.4. The highest BCUT2D eigenvalue weighted by Gasteiger charge is 2.40. The van der Waals surface area contributed by atoms with Crippen molar-refractivity contribution in [1.29, 1.82) is 0 Å². The number of rotatable bonds is 13. The Hall–Kier alpha value is -1.83. The summed E-state index contributed by atoms with van der Waals surface area (Å²) >= 11 is 1.01. The van der Waals surface area contributed by atoms with Gasteiger partial charge < -0.3 is 9.47 Å². The first kappa shape index (κ1) is 32.4. The maximum atomic E-state index is 13.8. The van der Waals surface area contributed by atoms with Gasteiger partial charge in [0.25, 0.3) is 5.56 Å². The molecule has 2 N–H and O–H groups in total. The van der Waals surface area contributed by atoms with Crippen LogP contribution in [0.5, 0.6) is 0 Å². The first-order valence-corrected chi connectivity index (χ1v) is 14.8. The van der Waals surface area contributed by atoms with E-state index in [2.05, 4.69) is 10.1 Å². The van der Waals surface area contributed by atoms with E-state index >= 15 is 0 Å². The molecule has 0 aliphatic carbocycles. The fourth-order valence-corrected chi connectivity index (χ4v) is 5.75. The lowest BCUT2D eigenvalue weighted by Gasteiger charge is -2.25. The third-order valence-corrected chi connectivity index (χ3v) is 8.34. The van der Waals surface area contributed by atoms with E-state index < -0.39 is 67.4 Å². The van der Waals surface area contributed by atoms with Gasteiger partial charge in [0.1, 0.15) is 12.3 Å². The number of aromatic amines is 1. The van der Waals surface area contributed by atoms with Crippen LogP contribution in [-0.4, -0.2) is 64.5 Å². The minimum absolute atomic E-state index is 0.0765. The fraction of sp³-hybridized carbons (Fsp3) is 0.739. The molecule has 0 unspecified atom stereocenters. The molecule has 5 atom stereocenters. The lowest BCUT2D eigenvalue weighted by atomic mass is 10.00. The number of hydrogen-bond donors (Lipinski definition) is 2. The molecule has 1 aliphatic heterocycles. The zero-order valence-corrected chi connectivity index (χ0v) is 24.1. The SMILES string of the molecule is CC(C)OC(=O)[C@H](C)N[P@](=O)(OCCSC(=O)C(C)(C)C)OC[C@H]1O[C@@H](n2ccc(=O)[nH]c2=O)C[C@@H]1CF. The maximum absolute atomic E-state index is 13.8. The highest BCUT2D eigenvalue weighted by atomic mass is 32.2. The van der Waals surface area contributed by atoms with Gasteiger partial charge in [-0.3, -0.25) is 37.4 Å². The Balaban J connectivity index is 2.10. The molecule has 1 aromatic rings. The van der Waals surface area contributed by atoms with Gasteiger partial charge in [0, 0.05) is 35.8 Å². The van der Waals surface area contributed by atoms with E-state index in [1.807, 2.05) is 0 Å². The Kier molecular flexibility index (Phi) is 11.9. The average Bonchev–Trinajstić information content (AvgIpc) is 3.22. The van der Waals surface area contributed by atoms with Crippen molar-refractivity contribution in [3.63, 3.8) is 0 Å². The number of H-pyrrole nitrogens is 1. The topological polar surface area (TPSA) is 155 Å². The van der Waals surface area contributed by atoms with Crippen molar-refractivity contribution >= 4 is 30.6 Å². The van der Waals surface area contributed by atoms with Crippen LogP contribution < -0.4 is 16.3 Å². The van der Waals surface area contributed by atoms with E-state index in [9.17, 15) is 28.1 Å². The second-order valence-electron chi connectivity index (χ2n) is 10.1.